The van der Waals surface area contributed by atoms with Gasteiger partial charge in [-0.15, -0.1) is 0 Å². The van der Waals surface area contributed by atoms with Gasteiger partial charge in [-0.2, -0.15) is 4.98 Å². The number of carbonyl (C=O) groups excluding carboxylic acids is 1. The summed E-state index contributed by atoms with van der Waals surface area (Å²) in [5, 5.41) is 16.0. The molecule has 2 aliphatic rings. The van der Waals surface area contributed by atoms with E-state index in [0.717, 1.165) is 31.4 Å². The van der Waals surface area contributed by atoms with E-state index in [-0.39, 0.29) is 46.7 Å². The van der Waals surface area contributed by atoms with Gasteiger partial charge >= 0.3 is 0 Å². The van der Waals surface area contributed by atoms with Crippen LogP contribution in [-0.4, -0.2) is 42.7 Å². The zero-order chi connectivity index (χ0) is 25.4. The number of aliphatic hydroxyl groups excluding tert-OH is 1. The first-order chi connectivity index (χ1) is 17.3. The van der Waals surface area contributed by atoms with Crippen molar-refractivity contribution in [1.82, 2.24) is 19.5 Å². The van der Waals surface area contributed by atoms with Crippen molar-refractivity contribution in [3.8, 4) is 0 Å². The van der Waals surface area contributed by atoms with Crippen molar-refractivity contribution in [3.63, 3.8) is 0 Å². The fourth-order valence-electron chi connectivity index (χ4n) is 5.26. The van der Waals surface area contributed by atoms with Crippen molar-refractivity contribution in [2.45, 2.75) is 69.6 Å². The number of hydrogen-bond donors (Lipinski definition) is 4. The van der Waals surface area contributed by atoms with E-state index in [9.17, 15) is 18.7 Å². The Bertz CT molecular complexity index is 1260. The predicted molar refractivity (Wildman–Crippen MR) is 132 cm³/mol. The zero-order valence-corrected chi connectivity index (χ0v) is 20.3. The number of carbonyl (C=O) groups is 1. The quantitative estimate of drug-likeness (QED) is 0.379. The molecule has 3 aromatic rings. The van der Waals surface area contributed by atoms with Crippen molar-refractivity contribution in [1.29, 1.82) is 0 Å². The lowest BCUT2D eigenvalue weighted by Crippen LogP contribution is -2.30. The van der Waals surface area contributed by atoms with Gasteiger partial charge in [-0.3, -0.25) is 9.36 Å². The summed E-state index contributed by atoms with van der Waals surface area (Å²) in [4.78, 5) is 25.3. The summed E-state index contributed by atoms with van der Waals surface area (Å²) in [6.45, 7) is 0. The number of fused-ring (bicyclic) bond motifs is 1. The van der Waals surface area contributed by atoms with E-state index in [2.05, 4.69) is 20.6 Å². The van der Waals surface area contributed by atoms with Gasteiger partial charge in [0.15, 0.2) is 17.3 Å². The minimum absolute atomic E-state index is 0.0448. The second-order valence-electron chi connectivity index (χ2n) is 9.65. The Morgan fingerprint density at radius 3 is 2.50 bits per heavy atom. The topological polar surface area (TPSA) is 131 Å². The van der Waals surface area contributed by atoms with Gasteiger partial charge in [-0.1, -0.05) is 11.6 Å². The number of primary amides is 1. The number of rotatable bonds is 6. The van der Waals surface area contributed by atoms with Gasteiger partial charge in [0.05, 0.1) is 12.3 Å². The van der Waals surface area contributed by atoms with Crippen LogP contribution < -0.4 is 16.4 Å². The number of nitrogens with two attached hydrogens (primary N) is 1. The largest absolute Gasteiger partial charge is 0.393 e. The maximum Gasteiger partial charge on any atom is 0.224 e. The maximum atomic E-state index is 14.6. The number of amides is 1. The minimum atomic E-state index is -0.847. The van der Waals surface area contributed by atoms with Gasteiger partial charge in [-0.25, -0.2) is 18.7 Å². The molecule has 1 aromatic carbocycles. The molecule has 1 amide bonds. The van der Waals surface area contributed by atoms with Crippen LogP contribution in [0.3, 0.4) is 0 Å². The molecule has 2 fully saturated rings. The van der Waals surface area contributed by atoms with Crippen molar-refractivity contribution < 1.29 is 18.7 Å². The Labute approximate surface area is 211 Å². The van der Waals surface area contributed by atoms with E-state index in [1.165, 1.54) is 0 Å². The molecule has 5 N–H and O–H groups in total. The van der Waals surface area contributed by atoms with Crippen LogP contribution in [0.2, 0.25) is 5.02 Å². The van der Waals surface area contributed by atoms with Gasteiger partial charge in [0.2, 0.25) is 17.8 Å². The summed E-state index contributed by atoms with van der Waals surface area (Å²) in [6.07, 6.45) is 6.86. The summed E-state index contributed by atoms with van der Waals surface area (Å²) in [5.41, 5.74) is 6.10. The Morgan fingerprint density at radius 2 is 1.83 bits per heavy atom. The lowest BCUT2D eigenvalue weighted by molar-refractivity contribution is -0.122. The number of benzene rings is 1. The molecule has 0 bridgehead atoms. The average molecular weight is 520 g/mol. The molecule has 2 saturated carbocycles. The summed E-state index contributed by atoms with van der Waals surface area (Å²) < 4.78 is 31.0. The lowest BCUT2D eigenvalue weighted by Gasteiger charge is -2.29. The van der Waals surface area contributed by atoms with E-state index in [4.69, 9.17) is 22.3 Å². The third kappa shape index (κ3) is 5.08. The van der Waals surface area contributed by atoms with Crippen LogP contribution in [-0.2, 0) is 4.79 Å². The van der Waals surface area contributed by atoms with Crippen LogP contribution in [0, 0.1) is 17.6 Å². The van der Waals surface area contributed by atoms with Crippen molar-refractivity contribution >= 4 is 46.3 Å². The number of hydrogen-bond acceptors (Lipinski definition) is 7. The molecule has 0 unspecified atom stereocenters. The second-order valence-corrected chi connectivity index (χ2v) is 10.1. The van der Waals surface area contributed by atoms with Crippen LogP contribution >= 0.6 is 11.6 Å². The summed E-state index contributed by atoms with van der Waals surface area (Å²) >= 11 is 5.78. The molecule has 0 spiro atoms. The highest BCUT2D eigenvalue weighted by molar-refractivity contribution is 6.30. The van der Waals surface area contributed by atoms with E-state index in [1.807, 2.05) is 4.57 Å². The number of nitrogens with zero attached hydrogens (tertiary/aromatic N) is 4. The molecule has 2 heterocycles. The van der Waals surface area contributed by atoms with Gasteiger partial charge < -0.3 is 21.5 Å². The van der Waals surface area contributed by atoms with E-state index < -0.39 is 11.6 Å². The number of aromatic nitrogens is 4. The maximum absolute atomic E-state index is 14.6. The first-order valence-electron chi connectivity index (χ1n) is 12.2. The molecule has 9 nitrogen and oxygen atoms in total. The highest BCUT2D eigenvalue weighted by atomic mass is 35.5. The number of halogens is 3. The molecule has 2 atom stereocenters. The second kappa shape index (κ2) is 10.1. The van der Waals surface area contributed by atoms with Gasteiger partial charge in [-0.05, 0) is 63.5 Å². The van der Waals surface area contributed by atoms with E-state index >= 15 is 0 Å². The Hall–Kier alpha value is -3.05. The van der Waals surface area contributed by atoms with Crippen molar-refractivity contribution in [2.24, 2.45) is 11.7 Å². The molecule has 36 heavy (non-hydrogen) atoms. The molecule has 0 aliphatic heterocycles. The van der Waals surface area contributed by atoms with E-state index in [0.29, 0.717) is 49.2 Å². The highest BCUT2D eigenvalue weighted by Gasteiger charge is 2.30. The number of aliphatic hydroxyl groups is 1. The van der Waals surface area contributed by atoms with Gasteiger partial charge in [0, 0.05) is 23.0 Å². The van der Waals surface area contributed by atoms with Crippen LogP contribution in [0.5, 0.6) is 0 Å². The normalized spacial score (nSPS) is 24.6. The van der Waals surface area contributed by atoms with E-state index in [1.54, 1.807) is 6.20 Å². The Balaban J connectivity index is 1.51. The standard InChI is InChI=1S/C24H28ClF2N7O2/c25-13-8-17(26)20(18(27)9-13)32-24-31-19-11-29-23(30-14-2-1-3-16(35)10-14)33-22(19)34(24)15-6-4-12(5-7-15)21(28)36/h8-9,11-12,14-16,35H,1-7,10H2,(H2,28,36)(H,31,32)(H,29,30,33)/t12?,14-,15?,16-/m1/s1. The summed E-state index contributed by atoms with van der Waals surface area (Å²) in [5.74, 6) is -1.61. The van der Waals surface area contributed by atoms with Gasteiger partial charge in [0.1, 0.15) is 11.2 Å². The van der Waals surface area contributed by atoms with Crippen molar-refractivity contribution in [3.05, 3.63) is 35.0 Å². The number of anilines is 3. The monoisotopic (exact) mass is 519 g/mol. The Kier molecular flexibility index (Phi) is 6.94. The first-order valence-corrected chi connectivity index (χ1v) is 12.6. The third-order valence-electron chi connectivity index (χ3n) is 7.12. The molecule has 2 aromatic heterocycles. The average Bonchev–Trinajstić information content (AvgIpc) is 3.18. The van der Waals surface area contributed by atoms with Crippen LogP contribution in [0.4, 0.5) is 26.4 Å². The Morgan fingerprint density at radius 1 is 1.11 bits per heavy atom. The highest BCUT2D eigenvalue weighted by Crippen LogP contribution is 2.38. The van der Waals surface area contributed by atoms with Crippen LogP contribution in [0.25, 0.3) is 11.2 Å². The smallest absolute Gasteiger partial charge is 0.224 e. The fraction of sp³-hybridized carbons (Fsp3) is 0.500. The third-order valence-corrected chi connectivity index (χ3v) is 7.34. The predicted octanol–water partition coefficient (Wildman–Crippen LogP) is 4.43. The van der Waals surface area contributed by atoms with Crippen LogP contribution in [0.1, 0.15) is 57.4 Å². The summed E-state index contributed by atoms with van der Waals surface area (Å²) in [7, 11) is 0. The molecular weight excluding hydrogens is 492 g/mol. The lowest BCUT2D eigenvalue weighted by atomic mass is 9.85. The minimum Gasteiger partial charge on any atom is -0.393 e. The SMILES string of the molecule is NC(=O)C1CCC(n2c(Nc3c(F)cc(Cl)cc3F)nc3cnc(N[C@@H]4CCC[C@@H](O)C4)nc32)CC1. The summed E-state index contributed by atoms with van der Waals surface area (Å²) in [6, 6.07) is 1.98. The number of imidazole rings is 1. The van der Waals surface area contributed by atoms with Gasteiger partial charge in [0.25, 0.3) is 0 Å². The van der Waals surface area contributed by atoms with Crippen molar-refractivity contribution in [2.75, 3.05) is 10.6 Å². The zero-order valence-electron chi connectivity index (χ0n) is 19.6. The molecule has 0 radical (unpaired) electrons. The van der Waals surface area contributed by atoms with Crippen LogP contribution in [0.15, 0.2) is 18.3 Å². The molecule has 0 saturated heterocycles. The first kappa shape index (κ1) is 24.6. The molecule has 192 valence electrons. The molecular formula is C24H28ClF2N7O2. The molecule has 12 heteroatoms. The molecule has 5 rings (SSSR count). The fourth-order valence-corrected chi connectivity index (χ4v) is 5.46. The number of nitrogens with one attached hydrogen (secondary N) is 2. The molecule has 2 aliphatic carbocycles.